The highest BCUT2D eigenvalue weighted by atomic mass is 32.1. The van der Waals surface area contributed by atoms with Crippen LogP contribution >= 0.6 is 11.3 Å². The molecule has 0 saturated heterocycles. The van der Waals surface area contributed by atoms with Crippen molar-refractivity contribution in [2.45, 2.75) is 5.92 Å². The first-order valence-corrected chi connectivity index (χ1v) is 11.0. The number of nitrogens with zero attached hydrogens (tertiary/aromatic N) is 2. The van der Waals surface area contributed by atoms with E-state index in [4.69, 9.17) is 19.9 Å². The summed E-state index contributed by atoms with van der Waals surface area (Å²) in [5.74, 6) is -0.142. The molecule has 0 amide bonds. The van der Waals surface area contributed by atoms with Gasteiger partial charge in [-0.3, -0.25) is 9.36 Å². The molecule has 0 unspecified atom stereocenters. The smallest absolute Gasteiger partial charge is 0.337 e. The van der Waals surface area contributed by atoms with Crippen LogP contribution in [-0.4, -0.2) is 31.9 Å². The van der Waals surface area contributed by atoms with Crippen LogP contribution in [0.25, 0.3) is 17.5 Å². The second kappa shape index (κ2) is 9.29. The average molecular weight is 476 g/mol. The molecule has 1 aliphatic heterocycles. The normalized spacial score (nSPS) is 15.5. The van der Waals surface area contributed by atoms with Gasteiger partial charge in [-0.05, 0) is 41.5 Å². The molecule has 3 aromatic rings. The molecule has 2 heterocycles. The van der Waals surface area contributed by atoms with Gasteiger partial charge < -0.3 is 19.9 Å². The lowest BCUT2D eigenvalue weighted by Crippen LogP contribution is -2.40. The van der Waals surface area contributed by atoms with Crippen LogP contribution in [0, 0.1) is 11.3 Å². The molecule has 0 aliphatic carbocycles. The molecule has 0 fully saturated rings. The molecule has 4 rings (SSSR count). The predicted octanol–water partition coefficient (Wildman–Crippen LogP) is 1.53. The minimum Gasteiger partial charge on any atom is -0.497 e. The maximum atomic E-state index is 13.3. The van der Waals surface area contributed by atoms with Crippen LogP contribution < -0.4 is 30.0 Å². The number of methoxy groups -OCH3 is 3. The van der Waals surface area contributed by atoms with Gasteiger partial charge in [0.1, 0.15) is 22.0 Å². The van der Waals surface area contributed by atoms with Crippen LogP contribution in [0.4, 0.5) is 0 Å². The van der Waals surface area contributed by atoms with Crippen LogP contribution in [0.15, 0.2) is 58.9 Å². The van der Waals surface area contributed by atoms with Gasteiger partial charge in [0.25, 0.3) is 5.56 Å². The molecule has 1 aliphatic rings. The lowest BCUT2D eigenvalue weighted by atomic mass is 9.84. The number of allylic oxidation sites excluding steroid dienone is 1. The van der Waals surface area contributed by atoms with Gasteiger partial charge in [0.05, 0.1) is 49.0 Å². The topological polar surface area (TPSA) is 117 Å². The van der Waals surface area contributed by atoms with Gasteiger partial charge >= 0.3 is 5.97 Å². The number of thiazole rings is 1. The highest BCUT2D eigenvalue weighted by Crippen LogP contribution is 2.37. The van der Waals surface area contributed by atoms with Gasteiger partial charge in [0.15, 0.2) is 0 Å². The number of esters is 1. The Balaban J connectivity index is 2.03. The first-order valence-electron chi connectivity index (χ1n) is 10.2. The van der Waals surface area contributed by atoms with Crippen molar-refractivity contribution < 1.29 is 19.0 Å². The summed E-state index contributed by atoms with van der Waals surface area (Å²) in [5.41, 5.74) is 7.60. The predicted molar refractivity (Wildman–Crippen MR) is 129 cm³/mol. The van der Waals surface area contributed by atoms with E-state index in [2.05, 4.69) is 6.07 Å². The van der Waals surface area contributed by atoms with E-state index in [1.54, 1.807) is 56.7 Å². The highest BCUT2D eigenvalue weighted by Gasteiger charge is 2.36. The molecule has 0 radical (unpaired) electrons. The lowest BCUT2D eigenvalue weighted by molar-refractivity contribution is -0.134. The van der Waals surface area contributed by atoms with E-state index < -0.39 is 17.4 Å². The Morgan fingerprint density at radius 2 is 1.65 bits per heavy atom. The molecular formula is C25H21N3O5S. The number of carbonyl (C=O) groups is 1. The zero-order valence-electron chi connectivity index (χ0n) is 18.7. The number of nitrogens with two attached hydrogens (primary N) is 1. The van der Waals surface area contributed by atoms with E-state index in [1.807, 2.05) is 12.1 Å². The highest BCUT2D eigenvalue weighted by molar-refractivity contribution is 7.07. The van der Waals surface area contributed by atoms with Crippen molar-refractivity contribution in [2.24, 2.45) is 5.73 Å². The van der Waals surface area contributed by atoms with E-state index >= 15 is 0 Å². The Labute approximate surface area is 199 Å². The minimum absolute atomic E-state index is 0.0124. The molecule has 0 bridgehead atoms. The van der Waals surface area contributed by atoms with Gasteiger partial charge in [-0.1, -0.05) is 24.3 Å². The zero-order chi connectivity index (χ0) is 24.4. The van der Waals surface area contributed by atoms with E-state index in [-0.39, 0.29) is 17.0 Å². The number of nitriles is 1. The third kappa shape index (κ3) is 3.84. The van der Waals surface area contributed by atoms with Crippen LogP contribution in [0.2, 0.25) is 0 Å². The molecule has 2 aromatic carbocycles. The van der Waals surface area contributed by atoms with Crippen LogP contribution in [0.5, 0.6) is 11.5 Å². The average Bonchev–Trinajstić information content (AvgIpc) is 3.19. The van der Waals surface area contributed by atoms with E-state index in [9.17, 15) is 14.9 Å². The van der Waals surface area contributed by atoms with E-state index in [0.29, 0.717) is 26.3 Å². The molecule has 172 valence electrons. The summed E-state index contributed by atoms with van der Waals surface area (Å²) in [6, 6.07) is 16.3. The number of fused-ring (bicyclic) bond motifs is 1. The van der Waals surface area contributed by atoms with Gasteiger partial charge in [-0.25, -0.2) is 4.79 Å². The summed E-state index contributed by atoms with van der Waals surface area (Å²) >= 11 is 1.12. The summed E-state index contributed by atoms with van der Waals surface area (Å²) in [6.45, 7) is 0. The molecule has 1 aromatic heterocycles. The molecule has 9 heteroatoms. The fraction of sp³-hybridized carbons (Fsp3) is 0.160. The molecular weight excluding hydrogens is 454 g/mol. The van der Waals surface area contributed by atoms with Crippen LogP contribution in [0.1, 0.15) is 17.0 Å². The Bertz CT molecular complexity index is 1510. The van der Waals surface area contributed by atoms with Crippen molar-refractivity contribution in [2.75, 3.05) is 21.3 Å². The standard InChI is InChI=1S/C25H21N3O5S/c1-31-16-8-4-14(5-9-16)12-19-23(29)28-22(27)18(13-26)20(15-6-10-17(32-2)11-7-15)21(24(28)34-19)25(30)33-3/h4-12,20H,27H2,1-3H3/b19-12+/t20-/m0/s1. The van der Waals surface area contributed by atoms with Crippen LogP contribution in [0.3, 0.4) is 0 Å². The fourth-order valence-corrected chi connectivity index (χ4v) is 5.00. The molecule has 8 nitrogen and oxygen atoms in total. The van der Waals surface area contributed by atoms with Gasteiger partial charge in [-0.15, -0.1) is 11.3 Å². The maximum absolute atomic E-state index is 13.3. The first-order chi connectivity index (χ1) is 16.4. The van der Waals surface area contributed by atoms with Gasteiger partial charge in [-0.2, -0.15) is 5.26 Å². The number of hydrogen-bond donors (Lipinski definition) is 1. The van der Waals surface area contributed by atoms with Crippen molar-refractivity contribution in [3.63, 3.8) is 0 Å². The largest absolute Gasteiger partial charge is 0.497 e. The zero-order valence-corrected chi connectivity index (χ0v) is 19.5. The molecule has 0 spiro atoms. The first kappa shape index (κ1) is 22.9. The number of benzene rings is 2. The van der Waals surface area contributed by atoms with Crippen molar-refractivity contribution in [3.8, 4) is 17.6 Å². The van der Waals surface area contributed by atoms with Crippen molar-refractivity contribution in [1.82, 2.24) is 4.57 Å². The molecule has 0 saturated carbocycles. The molecule has 1 atom stereocenters. The number of carbonyl (C=O) groups excluding carboxylic acids is 1. The number of aromatic nitrogens is 1. The number of rotatable bonds is 5. The summed E-state index contributed by atoms with van der Waals surface area (Å²) in [5, 5.41) is 9.96. The Hall–Kier alpha value is -4.29. The van der Waals surface area contributed by atoms with Crippen molar-refractivity contribution in [3.05, 3.63) is 84.8 Å². The monoisotopic (exact) mass is 475 g/mol. The Morgan fingerprint density at radius 1 is 1.06 bits per heavy atom. The van der Waals surface area contributed by atoms with Crippen molar-refractivity contribution in [1.29, 1.82) is 5.26 Å². The molecule has 34 heavy (non-hydrogen) atoms. The molecule has 2 N–H and O–H groups in total. The lowest BCUT2D eigenvalue weighted by Gasteiger charge is -2.24. The second-order valence-corrected chi connectivity index (χ2v) is 8.38. The van der Waals surface area contributed by atoms with Crippen molar-refractivity contribution >= 4 is 34.8 Å². The summed E-state index contributed by atoms with van der Waals surface area (Å²) in [4.78, 5) is 26.3. The SMILES string of the molecule is COC(=O)C1=c2s/c(=C/c3ccc(OC)cc3)c(=O)n2C(N)=C(C#N)[C@@H]1c1ccc(OC)cc1. The van der Waals surface area contributed by atoms with E-state index in [0.717, 1.165) is 16.9 Å². The Morgan fingerprint density at radius 3 is 2.18 bits per heavy atom. The summed E-state index contributed by atoms with van der Waals surface area (Å²) in [6.07, 6.45) is 1.70. The van der Waals surface area contributed by atoms with Crippen LogP contribution in [-0.2, 0) is 9.53 Å². The van der Waals surface area contributed by atoms with Gasteiger partial charge in [0.2, 0.25) is 0 Å². The van der Waals surface area contributed by atoms with Gasteiger partial charge in [0, 0.05) is 0 Å². The third-order valence-corrected chi connectivity index (χ3v) is 6.64. The third-order valence-electron chi connectivity index (χ3n) is 5.54. The summed E-state index contributed by atoms with van der Waals surface area (Å²) in [7, 11) is 4.38. The maximum Gasteiger partial charge on any atom is 0.337 e. The van der Waals surface area contributed by atoms with E-state index in [1.165, 1.54) is 11.7 Å². The second-order valence-electron chi connectivity index (χ2n) is 7.35. The summed E-state index contributed by atoms with van der Waals surface area (Å²) < 4.78 is 17.4. The number of ether oxygens (including phenoxy) is 3. The Kier molecular flexibility index (Phi) is 6.25. The minimum atomic E-state index is -0.796. The number of hydrogen-bond acceptors (Lipinski definition) is 8. The fourth-order valence-electron chi connectivity index (χ4n) is 3.84. The quantitative estimate of drug-likeness (QED) is 0.556.